The number of carbonyl (C=O) groups excluding carboxylic acids is 1. The highest BCUT2D eigenvalue weighted by molar-refractivity contribution is 7.86. The smallest absolute Gasteiger partial charge is 0.306 e. The average molecular weight is 348 g/mol. The van der Waals surface area contributed by atoms with E-state index in [0.717, 1.165) is 18.2 Å². The first-order valence-electron chi connectivity index (χ1n) is 7.07. The summed E-state index contributed by atoms with van der Waals surface area (Å²) in [5.74, 6) is 0.0842. The van der Waals surface area contributed by atoms with Gasteiger partial charge >= 0.3 is 10.1 Å². The van der Waals surface area contributed by atoms with Gasteiger partial charge in [-0.3, -0.25) is 4.79 Å². The number of nitrogens with zero attached hydrogens (tertiary/aromatic N) is 1. The first-order valence-corrected chi connectivity index (χ1v) is 9.32. The predicted molar refractivity (Wildman–Crippen MR) is 87.5 cm³/mol. The second-order valence-electron chi connectivity index (χ2n) is 5.27. The van der Waals surface area contributed by atoms with Crippen LogP contribution in [0.15, 0.2) is 24.3 Å². The Balaban J connectivity index is 2.98. The van der Waals surface area contributed by atoms with Crippen LogP contribution in [0.2, 0.25) is 0 Å². The number of rotatable bonds is 7. The van der Waals surface area contributed by atoms with Crippen LogP contribution in [0, 0.1) is 0 Å². The monoisotopic (exact) mass is 347 g/mol. The van der Waals surface area contributed by atoms with Crippen molar-refractivity contribution in [2.24, 2.45) is 0 Å². The number of carbonyl (C=O) groups is 1. The summed E-state index contributed by atoms with van der Waals surface area (Å²) in [6.45, 7) is 5.94. The summed E-state index contributed by atoms with van der Waals surface area (Å²) in [6, 6.07) is 6.72. The van der Waals surface area contributed by atoms with Gasteiger partial charge in [0, 0.05) is 12.6 Å². The van der Waals surface area contributed by atoms with Gasteiger partial charge in [0.25, 0.3) is 0 Å². The fourth-order valence-electron chi connectivity index (χ4n) is 1.97. The lowest BCUT2D eigenvalue weighted by atomic mass is 10.1. The second kappa shape index (κ2) is 7.83. The molecule has 124 valence electrons. The van der Waals surface area contributed by atoms with Crippen molar-refractivity contribution in [3.8, 4) is 5.75 Å². The van der Waals surface area contributed by atoms with Crippen LogP contribution in [0.3, 0.4) is 0 Å². The van der Waals surface area contributed by atoms with Crippen molar-refractivity contribution in [2.75, 3.05) is 6.26 Å². The minimum absolute atomic E-state index is 0.0354. The van der Waals surface area contributed by atoms with Crippen LogP contribution in [-0.2, 0) is 21.5 Å². The third-order valence-electron chi connectivity index (χ3n) is 3.25. The summed E-state index contributed by atoms with van der Waals surface area (Å²) >= 11 is 5.91. The third-order valence-corrected chi connectivity index (χ3v) is 3.93. The third kappa shape index (κ3) is 5.85. The molecule has 0 aromatic heterocycles. The van der Waals surface area contributed by atoms with Crippen molar-refractivity contribution in [3.05, 3.63) is 29.8 Å². The molecule has 1 rings (SSSR count). The Morgan fingerprint density at radius 2 is 2.00 bits per heavy atom. The van der Waals surface area contributed by atoms with Gasteiger partial charge in [-0.15, -0.1) is 11.6 Å². The zero-order chi connectivity index (χ0) is 16.9. The molecule has 0 spiro atoms. The van der Waals surface area contributed by atoms with Crippen LogP contribution in [0.4, 0.5) is 0 Å². The van der Waals surface area contributed by atoms with Crippen molar-refractivity contribution in [1.82, 2.24) is 4.90 Å². The molecule has 0 fully saturated rings. The van der Waals surface area contributed by atoms with Gasteiger partial charge in [0.1, 0.15) is 11.1 Å². The first kappa shape index (κ1) is 18.8. The SMILES string of the molecule is CC[C@H](C)N(Cc1cccc(OS(C)(=O)=O)c1)C(=O)[C@@H](C)Cl. The lowest BCUT2D eigenvalue weighted by molar-refractivity contribution is -0.133. The molecule has 0 saturated heterocycles. The average Bonchev–Trinajstić information content (AvgIpc) is 2.41. The molecule has 0 aliphatic rings. The summed E-state index contributed by atoms with van der Waals surface area (Å²) in [6.07, 6.45) is 1.79. The maximum Gasteiger partial charge on any atom is 0.306 e. The van der Waals surface area contributed by atoms with E-state index < -0.39 is 15.5 Å². The molecule has 0 heterocycles. The van der Waals surface area contributed by atoms with E-state index >= 15 is 0 Å². The highest BCUT2D eigenvalue weighted by Crippen LogP contribution is 2.19. The van der Waals surface area contributed by atoms with Gasteiger partial charge in [-0.2, -0.15) is 8.42 Å². The Morgan fingerprint density at radius 3 is 2.50 bits per heavy atom. The van der Waals surface area contributed by atoms with Gasteiger partial charge in [-0.1, -0.05) is 19.1 Å². The minimum Gasteiger partial charge on any atom is -0.383 e. The number of hydrogen-bond acceptors (Lipinski definition) is 4. The van der Waals surface area contributed by atoms with E-state index in [2.05, 4.69) is 0 Å². The number of hydrogen-bond donors (Lipinski definition) is 0. The molecule has 0 radical (unpaired) electrons. The molecule has 0 aliphatic heterocycles. The summed E-state index contributed by atoms with van der Waals surface area (Å²) in [5.41, 5.74) is 0.784. The normalized spacial score (nSPS) is 14.2. The summed E-state index contributed by atoms with van der Waals surface area (Å²) in [7, 11) is -3.57. The number of amides is 1. The quantitative estimate of drug-likeness (QED) is 0.562. The molecule has 1 amide bonds. The molecule has 0 unspecified atom stereocenters. The Kier molecular flexibility index (Phi) is 6.68. The zero-order valence-electron chi connectivity index (χ0n) is 13.2. The van der Waals surface area contributed by atoms with Crippen LogP contribution in [0.5, 0.6) is 5.75 Å². The Labute approximate surface area is 137 Å². The van der Waals surface area contributed by atoms with Crippen LogP contribution < -0.4 is 4.18 Å². The van der Waals surface area contributed by atoms with Gasteiger partial charge in [0.2, 0.25) is 5.91 Å². The summed E-state index contributed by atoms with van der Waals surface area (Å²) in [5, 5.41) is -0.607. The molecule has 0 bridgehead atoms. The molecule has 1 aromatic carbocycles. The molecule has 0 saturated carbocycles. The Bertz CT molecular complexity index is 616. The van der Waals surface area contributed by atoms with Crippen molar-refractivity contribution < 1.29 is 17.4 Å². The summed E-state index contributed by atoms with van der Waals surface area (Å²) in [4.78, 5) is 13.9. The zero-order valence-corrected chi connectivity index (χ0v) is 14.8. The van der Waals surface area contributed by atoms with Gasteiger partial charge in [0.05, 0.1) is 6.26 Å². The molecule has 0 aliphatic carbocycles. The second-order valence-corrected chi connectivity index (χ2v) is 7.50. The lowest BCUT2D eigenvalue weighted by Gasteiger charge is -2.30. The molecule has 22 heavy (non-hydrogen) atoms. The van der Waals surface area contributed by atoms with Crippen molar-refractivity contribution in [1.29, 1.82) is 0 Å². The molecule has 7 heteroatoms. The standard InChI is InChI=1S/C15H22ClNO4S/c1-5-11(2)17(15(18)12(3)16)10-13-7-6-8-14(9-13)21-22(4,19)20/h6-9,11-12H,5,10H2,1-4H3/t11-,12+/m0/s1. The predicted octanol–water partition coefficient (Wildman–Crippen LogP) is 2.78. The lowest BCUT2D eigenvalue weighted by Crippen LogP contribution is -2.41. The van der Waals surface area contributed by atoms with E-state index in [-0.39, 0.29) is 17.7 Å². The molecular formula is C15H22ClNO4S. The first-order chi connectivity index (χ1) is 10.1. The molecule has 2 atom stereocenters. The highest BCUT2D eigenvalue weighted by Gasteiger charge is 2.23. The van der Waals surface area contributed by atoms with Gasteiger partial charge < -0.3 is 9.08 Å². The molecule has 1 aromatic rings. The Hall–Kier alpha value is -1.27. The number of halogens is 1. The van der Waals surface area contributed by atoms with Crippen LogP contribution >= 0.6 is 11.6 Å². The fourth-order valence-corrected chi connectivity index (χ4v) is 2.55. The van der Waals surface area contributed by atoms with E-state index in [0.29, 0.717) is 6.54 Å². The largest absolute Gasteiger partial charge is 0.383 e. The maximum absolute atomic E-state index is 12.2. The van der Waals surface area contributed by atoms with E-state index in [1.165, 1.54) is 0 Å². The molecule has 5 nitrogen and oxygen atoms in total. The van der Waals surface area contributed by atoms with Crippen molar-refractivity contribution >= 4 is 27.6 Å². The van der Waals surface area contributed by atoms with Gasteiger partial charge in [-0.05, 0) is 38.0 Å². The van der Waals surface area contributed by atoms with Crippen molar-refractivity contribution in [2.45, 2.75) is 45.2 Å². The Morgan fingerprint density at radius 1 is 1.36 bits per heavy atom. The van der Waals surface area contributed by atoms with Crippen molar-refractivity contribution in [3.63, 3.8) is 0 Å². The van der Waals surface area contributed by atoms with Gasteiger partial charge in [-0.25, -0.2) is 0 Å². The maximum atomic E-state index is 12.2. The van der Waals surface area contributed by atoms with E-state index in [9.17, 15) is 13.2 Å². The topological polar surface area (TPSA) is 63.7 Å². The van der Waals surface area contributed by atoms with Crippen LogP contribution in [-0.4, -0.2) is 36.9 Å². The highest BCUT2D eigenvalue weighted by atomic mass is 35.5. The minimum atomic E-state index is -3.57. The number of alkyl halides is 1. The van der Waals surface area contributed by atoms with Crippen LogP contribution in [0.25, 0.3) is 0 Å². The van der Waals surface area contributed by atoms with E-state index in [4.69, 9.17) is 15.8 Å². The van der Waals surface area contributed by atoms with E-state index in [1.54, 1.807) is 30.0 Å². The number of benzene rings is 1. The fraction of sp³-hybridized carbons (Fsp3) is 0.533. The van der Waals surface area contributed by atoms with Gasteiger partial charge in [0.15, 0.2) is 0 Å². The summed E-state index contributed by atoms with van der Waals surface area (Å²) < 4.78 is 27.2. The molecule has 0 N–H and O–H groups in total. The van der Waals surface area contributed by atoms with E-state index in [1.807, 2.05) is 19.9 Å². The molecular weight excluding hydrogens is 326 g/mol. The van der Waals surface area contributed by atoms with Crippen LogP contribution in [0.1, 0.15) is 32.8 Å².